The molecule has 3 aromatic carbocycles. The van der Waals surface area contributed by atoms with Gasteiger partial charge < -0.3 is 19.7 Å². The highest BCUT2D eigenvalue weighted by molar-refractivity contribution is 5.67. The van der Waals surface area contributed by atoms with Gasteiger partial charge in [0.05, 0.1) is 25.9 Å². The molecule has 1 heterocycles. The van der Waals surface area contributed by atoms with Crippen molar-refractivity contribution in [3.05, 3.63) is 77.9 Å². The summed E-state index contributed by atoms with van der Waals surface area (Å²) in [5, 5.41) is 13.0. The Labute approximate surface area is 208 Å². The van der Waals surface area contributed by atoms with Crippen molar-refractivity contribution in [3.63, 3.8) is 0 Å². The third-order valence-electron chi connectivity index (χ3n) is 8.07. The second kappa shape index (κ2) is 9.64. The van der Waals surface area contributed by atoms with Crippen LogP contribution in [0.1, 0.15) is 36.8 Å². The maximum atomic E-state index is 9.18. The van der Waals surface area contributed by atoms with E-state index in [0.717, 1.165) is 54.1 Å². The van der Waals surface area contributed by atoms with Gasteiger partial charge in [-0.2, -0.15) is 5.26 Å². The van der Waals surface area contributed by atoms with E-state index in [1.807, 2.05) is 24.3 Å². The third-order valence-corrected chi connectivity index (χ3v) is 8.07. The SMILES string of the molecule is COc1ccc(C23CCC(Nc4ccc(-c5cccc(C#N)c5)cc4)CC2N(C)CC3)cc1OC. The molecule has 180 valence electrons. The van der Waals surface area contributed by atoms with E-state index >= 15 is 0 Å². The maximum Gasteiger partial charge on any atom is 0.161 e. The molecule has 35 heavy (non-hydrogen) atoms. The Morgan fingerprint density at radius 1 is 0.943 bits per heavy atom. The number of benzene rings is 3. The first-order chi connectivity index (χ1) is 17.1. The van der Waals surface area contributed by atoms with Gasteiger partial charge in [-0.25, -0.2) is 0 Å². The lowest BCUT2D eigenvalue weighted by molar-refractivity contribution is 0.172. The standard InChI is InChI=1S/C30H33N3O2/c1-33-16-15-30(24-9-12-27(34-2)28(18-24)35-3)14-13-26(19-29(30)33)32-25-10-7-22(8-11-25)23-6-4-5-21(17-23)20-31/h4-12,17-18,26,29,32H,13-16,19H2,1-3H3. The molecule has 5 heteroatoms. The van der Waals surface area contributed by atoms with Gasteiger partial charge in [0.25, 0.3) is 0 Å². The van der Waals surface area contributed by atoms with Crippen LogP contribution in [0.4, 0.5) is 5.69 Å². The first kappa shape index (κ1) is 23.3. The molecule has 2 aliphatic rings. The molecule has 0 bridgehead atoms. The van der Waals surface area contributed by atoms with Gasteiger partial charge >= 0.3 is 0 Å². The topological polar surface area (TPSA) is 57.5 Å². The van der Waals surface area contributed by atoms with Gasteiger partial charge in [0, 0.05) is 23.2 Å². The Morgan fingerprint density at radius 2 is 1.74 bits per heavy atom. The Kier molecular flexibility index (Phi) is 6.40. The normalized spacial score (nSPS) is 23.8. The second-order valence-corrected chi connectivity index (χ2v) is 9.86. The number of anilines is 1. The molecular weight excluding hydrogens is 434 g/mol. The van der Waals surface area contributed by atoms with Crippen molar-refractivity contribution in [2.75, 3.05) is 33.1 Å². The molecule has 0 aromatic heterocycles. The van der Waals surface area contributed by atoms with Gasteiger partial charge in [-0.15, -0.1) is 0 Å². The Hall–Kier alpha value is -3.49. The van der Waals surface area contributed by atoms with Crippen LogP contribution in [-0.4, -0.2) is 44.8 Å². The number of ether oxygens (including phenoxy) is 2. The van der Waals surface area contributed by atoms with E-state index in [9.17, 15) is 5.26 Å². The van der Waals surface area contributed by atoms with Crippen LogP contribution in [0.15, 0.2) is 66.7 Å². The van der Waals surface area contributed by atoms with Gasteiger partial charge in [0.2, 0.25) is 0 Å². The lowest BCUT2D eigenvalue weighted by atomic mass is 9.65. The van der Waals surface area contributed by atoms with Crippen molar-refractivity contribution in [3.8, 4) is 28.7 Å². The van der Waals surface area contributed by atoms with E-state index in [4.69, 9.17) is 9.47 Å². The minimum absolute atomic E-state index is 0.155. The number of hydrogen-bond donors (Lipinski definition) is 1. The van der Waals surface area contributed by atoms with Crippen molar-refractivity contribution in [1.82, 2.24) is 4.90 Å². The van der Waals surface area contributed by atoms with E-state index in [2.05, 4.69) is 65.8 Å². The fourth-order valence-electron chi connectivity index (χ4n) is 6.16. The average Bonchev–Trinajstić information content (AvgIpc) is 3.25. The summed E-state index contributed by atoms with van der Waals surface area (Å²) >= 11 is 0. The number of fused-ring (bicyclic) bond motifs is 1. The van der Waals surface area contributed by atoms with Crippen molar-refractivity contribution < 1.29 is 9.47 Å². The summed E-state index contributed by atoms with van der Waals surface area (Å²) in [6, 6.07) is 26.0. The lowest BCUT2D eigenvalue weighted by Gasteiger charge is -2.45. The fraction of sp³-hybridized carbons (Fsp3) is 0.367. The van der Waals surface area contributed by atoms with Gasteiger partial charge in [-0.1, -0.05) is 30.3 Å². The Morgan fingerprint density at radius 3 is 2.49 bits per heavy atom. The Balaban J connectivity index is 1.32. The van der Waals surface area contributed by atoms with E-state index in [-0.39, 0.29) is 5.41 Å². The molecule has 5 rings (SSSR count). The highest BCUT2D eigenvalue weighted by Gasteiger charge is 2.50. The molecule has 3 atom stereocenters. The third kappa shape index (κ3) is 4.35. The van der Waals surface area contributed by atoms with Gasteiger partial charge in [-0.3, -0.25) is 0 Å². The van der Waals surface area contributed by atoms with Crippen LogP contribution in [0.25, 0.3) is 11.1 Å². The van der Waals surface area contributed by atoms with Crippen LogP contribution in [0.5, 0.6) is 11.5 Å². The smallest absolute Gasteiger partial charge is 0.161 e. The highest BCUT2D eigenvalue weighted by Crippen LogP contribution is 2.50. The quantitative estimate of drug-likeness (QED) is 0.493. The zero-order valence-electron chi connectivity index (χ0n) is 20.8. The minimum atomic E-state index is 0.155. The molecule has 1 aliphatic carbocycles. The number of nitrogens with zero attached hydrogens (tertiary/aromatic N) is 2. The fourth-order valence-corrected chi connectivity index (χ4v) is 6.16. The zero-order valence-corrected chi connectivity index (χ0v) is 20.8. The number of nitriles is 1. The summed E-state index contributed by atoms with van der Waals surface area (Å²) in [6.45, 7) is 1.11. The van der Waals surface area contributed by atoms with Crippen molar-refractivity contribution >= 4 is 5.69 Å². The summed E-state index contributed by atoms with van der Waals surface area (Å²) < 4.78 is 11.1. The molecule has 1 saturated carbocycles. The van der Waals surface area contributed by atoms with Crippen LogP contribution in [-0.2, 0) is 5.41 Å². The molecule has 2 fully saturated rings. The molecule has 0 spiro atoms. The number of likely N-dealkylation sites (tertiary alicyclic amines) is 1. The lowest BCUT2D eigenvalue weighted by Crippen LogP contribution is -2.49. The molecular formula is C30H33N3O2. The van der Waals surface area contributed by atoms with Gasteiger partial charge in [0.15, 0.2) is 11.5 Å². The van der Waals surface area contributed by atoms with E-state index < -0.39 is 0 Å². The largest absolute Gasteiger partial charge is 0.493 e. The summed E-state index contributed by atoms with van der Waals surface area (Å²) in [5.74, 6) is 1.60. The first-order valence-corrected chi connectivity index (χ1v) is 12.4. The van der Waals surface area contributed by atoms with Crippen LogP contribution < -0.4 is 14.8 Å². The van der Waals surface area contributed by atoms with Crippen molar-refractivity contribution in [2.24, 2.45) is 0 Å². The van der Waals surface area contributed by atoms with E-state index in [1.165, 1.54) is 12.0 Å². The average molecular weight is 468 g/mol. The molecule has 3 aromatic rings. The molecule has 1 aliphatic heterocycles. The summed E-state index contributed by atoms with van der Waals surface area (Å²) in [7, 11) is 5.67. The van der Waals surface area contributed by atoms with Crippen molar-refractivity contribution in [1.29, 1.82) is 5.26 Å². The Bertz CT molecular complexity index is 1230. The number of hydrogen-bond acceptors (Lipinski definition) is 5. The molecule has 0 radical (unpaired) electrons. The second-order valence-electron chi connectivity index (χ2n) is 9.86. The molecule has 1 N–H and O–H groups in total. The summed E-state index contributed by atoms with van der Waals surface area (Å²) in [4.78, 5) is 2.54. The monoisotopic (exact) mass is 467 g/mol. The summed E-state index contributed by atoms with van der Waals surface area (Å²) in [5.41, 5.74) is 5.55. The van der Waals surface area contributed by atoms with E-state index in [1.54, 1.807) is 14.2 Å². The van der Waals surface area contributed by atoms with Crippen LogP contribution in [0, 0.1) is 11.3 Å². The number of nitrogens with one attached hydrogen (secondary N) is 1. The van der Waals surface area contributed by atoms with Crippen LogP contribution >= 0.6 is 0 Å². The predicted octanol–water partition coefficient (Wildman–Crippen LogP) is 5.85. The molecule has 1 saturated heterocycles. The number of methoxy groups -OCH3 is 2. The molecule has 5 nitrogen and oxygen atoms in total. The van der Waals surface area contributed by atoms with Gasteiger partial charge in [0.1, 0.15) is 0 Å². The van der Waals surface area contributed by atoms with E-state index in [0.29, 0.717) is 17.6 Å². The minimum Gasteiger partial charge on any atom is -0.493 e. The highest BCUT2D eigenvalue weighted by atomic mass is 16.5. The van der Waals surface area contributed by atoms with Crippen molar-refractivity contribution in [2.45, 2.75) is 43.2 Å². The van der Waals surface area contributed by atoms with Gasteiger partial charge in [-0.05, 0) is 92.4 Å². The molecule has 0 amide bonds. The first-order valence-electron chi connectivity index (χ1n) is 12.4. The van der Waals surface area contributed by atoms with Crippen LogP contribution in [0.2, 0.25) is 0 Å². The number of rotatable bonds is 6. The maximum absolute atomic E-state index is 9.18. The van der Waals surface area contributed by atoms with Crippen LogP contribution in [0.3, 0.4) is 0 Å². The predicted molar refractivity (Wildman–Crippen MR) is 140 cm³/mol. The zero-order chi connectivity index (χ0) is 24.4. The molecule has 3 unspecified atom stereocenters. The number of likely N-dealkylation sites (N-methyl/N-ethyl adjacent to an activating group) is 1. The summed E-state index contributed by atoms with van der Waals surface area (Å²) in [6.07, 6.45) is 4.56.